The van der Waals surface area contributed by atoms with Crippen molar-refractivity contribution in [3.8, 4) is 11.8 Å². The minimum Gasteiger partial charge on any atom is -0.384 e. The number of amides is 2. The van der Waals surface area contributed by atoms with E-state index in [1.54, 1.807) is 6.07 Å². The molecule has 0 aliphatic heterocycles. The standard InChI is InChI=1S/C16H19FN2O2/c17-14-11-12(5-4-10-20)8-9-15(14)19-16(21)18-13-6-2-1-3-7-13/h8-9,11,13,20H,1-3,6-7,10H2,(H2,18,19,21). The minimum absolute atomic E-state index is 0.123. The van der Waals surface area contributed by atoms with Gasteiger partial charge in [-0.05, 0) is 31.0 Å². The molecule has 21 heavy (non-hydrogen) atoms. The molecule has 4 nitrogen and oxygen atoms in total. The maximum atomic E-state index is 13.8. The summed E-state index contributed by atoms with van der Waals surface area (Å²) in [6, 6.07) is 4.10. The summed E-state index contributed by atoms with van der Waals surface area (Å²) in [4.78, 5) is 11.8. The van der Waals surface area contributed by atoms with Crippen LogP contribution in [0.1, 0.15) is 37.7 Å². The molecule has 1 aromatic rings. The van der Waals surface area contributed by atoms with Crippen molar-refractivity contribution in [2.24, 2.45) is 0 Å². The molecule has 0 spiro atoms. The van der Waals surface area contributed by atoms with Crippen LogP contribution >= 0.6 is 0 Å². The van der Waals surface area contributed by atoms with E-state index in [-0.39, 0.29) is 24.4 Å². The van der Waals surface area contributed by atoms with Crippen molar-refractivity contribution in [2.75, 3.05) is 11.9 Å². The zero-order valence-corrected chi connectivity index (χ0v) is 11.8. The summed E-state index contributed by atoms with van der Waals surface area (Å²) in [5.41, 5.74) is 0.581. The molecule has 3 N–H and O–H groups in total. The van der Waals surface area contributed by atoms with Crippen molar-refractivity contribution < 1.29 is 14.3 Å². The van der Waals surface area contributed by atoms with Crippen LogP contribution in [-0.2, 0) is 0 Å². The van der Waals surface area contributed by atoms with Crippen molar-refractivity contribution >= 4 is 11.7 Å². The lowest BCUT2D eigenvalue weighted by molar-refractivity contribution is 0.244. The zero-order chi connectivity index (χ0) is 15.1. The predicted octanol–water partition coefficient (Wildman–Crippen LogP) is 2.62. The molecular formula is C16H19FN2O2. The number of carbonyl (C=O) groups is 1. The van der Waals surface area contributed by atoms with Crippen LogP contribution in [0, 0.1) is 17.7 Å². The van der Waals surface area contributed by atoms with Gasteiger partial charge in [-0.25, -0.2) is 9.18 Å². The molecule has 0 atom stereocenters. The average molecular weight is 290 g/mol. The van der Waals surface area contributed by atoms with Crippen LogP contribution in [0.2, 0.25) is 0 Å². The van der Waals surface area contributed by atoms with Crippen LogP contribution in [0.3, 0.4) is 0 Å². The van der Waals surface area contributed by atoms with E-state index in [2.05, 4.69) is 22.5 Å². The van der Waals surface area contributed by atoms with Crippen molar-refractivity contribution in [2.45, 2.75) is 38.1 Å². The Hall–Kier alpha value is -2.06. The summed E-state index contributed by atoms with van der Waals surface area (Å²) in [6.45, 7) is -0.272. The molecule has 0 saturated heterocycles. The van der Waals surface area contributed by atoms with Crippen LogP contribution < -0.4 is 10.6 Å². The van der Waals surface area contributed by atoms with Gasteiger partial charge in [0, 0.05) is 11.6 Å². The van der Waals surface area contributed by atoms with Gasteiger partial charge in [-0.3, -0.25) is 0 Å². The third-order valence-corrected chi connectivity index (χ3v) is 3.47. The van der Waals surface area contributed by atoms with E-state index >= 15 is 0 Å². The summed E-state index contributed by atoms with van der Waals surface area (Å²) >= 11 is 0. The van der Waals surface area contributed by atoms with Gasteiger partial charge in [-0.15, -0.1) is 0 Å². The first-order chi connectivity index (χ1) is 10.2. The smallest absolute Gasteiger partial charge is 0.319 e. The molecule has 1 aromatic carbocycles. The van der Waals surface area contributed by atoms with E-state index in [0.29, 0.717) is 5.56 Å². The predicted molar refractivity (Wildman–Crippen MR) is 79.4 cm³/mol. The lowest BCUT2D eigenvalue weighted by atomic mass is 9.96. The van der Waals surface area contributed by atoms with E-state index in [4.69, 9.17) is 5.11 Å². The number of urea groups is 1. The molecule has 0 unspecified atom stereocenters. The van der Waals surface area contributed by atoms with E-state index < -0.39 is 5.82 Å². The van der Waals surface area contributed by atoms with E-state index in [1.165, 1.54) is 18.6 Å². The first-order valence-electron chi connectivity index (χ1n) is 7.16. The van der Waals surface area contributed by atoms with Crippen LogP contribution in [0.5, 0.6) is 0 Å². The molecule has 2 rings (SSSR count). The number of benzene rings is 1. The van der Waals surface area contributed by atoms with Gasteiger partial charge in [0.2, 0.25) is 0 Å². The number of hydrogen-bond acceptors (Lipinski definition) is 2. The number of halogens is 1. The van der Waals surface area contributed by atoms with Gasteiger partial charge in [0.25, 0.3) is 0 Å². The fourth-order valence-electron chi connectivity index (χ4n) is 2.43. The molecule has 1 saturated carbocycles. The molecule has 0 radical (unpaired) electrons. The van der Waals surface area contributed by atoms with E-state index in [9.17, 15) is 9.18 Å². The summed E-state index contributed by atoms with van der Waals surface area (Å²) in [5.74, 6) is 4.52. The monoisotopic (exact) mass is 290 g/mol. The highest BCUT2D eigenvalue weighted by atomic mass is 19.1. The van der Waals surface area contributed by atoms with Gasteiger partial charge in [0.05, 0.1) is 5.69 Å². The van der Waals surface area contributed by atoms with Gasteiger partial charge in [0.1, 0.15) is 12.4 Å². The van der Waals surface area contributed by atoms with Crippen LogP contribution in [0.4, 0.5) is 14.9 Å². The maximum absolute atomic E-state index is 13.8. The molecule has 1 fully saturated rings. The molecule has 5 heteroatoms. The number of hydrogen-bond donors (Lipinski definition) is 3. The molecule has 1 aliphatic rings. The largest absolute Gasteiger partial charge is 0.384 e. The van der Waals surface area contributed by atoms with Gasteiger partial charge in [-0.1, -0.05) is 31.1 Å². The highest BCUT2D eigenvalue weighted by Crippen LogP contribution is 2.18. The number of rotatable bonds is 2. The fourth-order valence-corrected chi connectivity index (χ4v) is 2.43. The Labute approximate surface area is 123 Å². The number of carbonyl (C=O) groups excluding carboxylic acids is 1. The summed E-state index contributed by atoms with van der Waals surface area (Å²) in [6.07, 6.45) is 5.41. The quantitative estimate of drug-likeness (QED) is 0.733. The Morgan fingerprint density at radius 2 is 2.10 bits per heavy atom. The second-order valence-electron chi connectivity index (χ2n) is 5.09. The van der Waals surface area contributed by atoms with Crippen LogP contribution in [-0.4, -0.2) is 23.8 Å². The number of nitrogens with one attached hydrogen (secondary N) is 2. The highest BCUT2D eigenvalue weighted by molar-refractivity contribution is 5.89. The van der Waals surface area contributed by atoms with Gasteiger partial charge in [-0.2, -0.15) is 0 Å². The van der Waals surface area contributed by atoms with Crippen LogP contribution in [0.15, 0.2) is 18.2 Å². The molecule has 1 aliphatic carbocycles. The lowest BCUT2D eigenvalue weighted by Crippen LogP contribution is -2.39. The first-order valence-corrected chi connectivity index (χ1v) is 7.16. The minimum atomic E-state index is -0.543. The molecule has 0 heterocycles. The second-order valence-corrected chi connectivity index (χ2v) is 5.09. The molecule has 112 valence electrons. The number of anilines is 1. The van der Waals surface area contributed by atoms with Crippen LogP contribution in [0.25, 0.3) is 0 Å². The second kappa shape index (κ2) is 7.65. The highest BCUT2D eigenvalue weighted by Gasteiger charge is 2.16. The Morgan fingerprint density at radius 1 is 1.33 bits per heavy atom. The number of aliphatic hydroxyl groups excluding tert-OH is 1. The van der Waals surface area contributed by atoms with Crippen molar-refractivity contribution in [1.82, 2.24) is 5.32 Å². The average Bonchev–Trinajstić information content (AvgIpc) is 2.48. The van der Waals surface area contributed by atoms with Gasteiger partial charge in [0.15, 0.2) is 0 Å². The summed E-state index contributed by atoms with van der Waals surface area (Å²) < 4.78 is 13.8. The van der Waals surface area contributed by atoms with Crippen molar-refractivity contribution in [1.29, 1.82) is 0 Å². The third kappa shape index (κ3) is 4.76. The molecule has 0 bridgehead atoms. The third-order valence-electron chi connectivity index (χ3n) is 3.47. The van der Waals surface area contributed by atoms with E-state index in [1.807, 2.05) is 0 Å². The SMILES string of the molecule is O=C(Nc1ccc(C#CCO)cc1F)NC1CCCCC1. The lowest BCUT2D eigenvalue weighted by Gasteiger charge is -2.22. The molecule has 0 aromatic heterocycles. The zero-order valence-electron chi connectivity index (χ0n) is 11.8. The molecular weight excluding hydrogens is 271 g/mol. The Kier molecular flexibility index (Phi) is 5.59. The Morgan fingerprint density at radius 3 is 2.76 bits per heavy atom. The fraction of sp³-hybridized carbons (Fsp3) is 0.438. The van der Waals surface area contributed by atoms with Crippen molar-refractivity contribution in [3.63, 3.8) is 0 Å². The Balaban J connectivity index is 1.94. The summed E-state index contributed by atoms with van der Waals surface area (Å²) in [7, 11) is 0. The number of aliphatic hydroxyl groups is 1. The Bertz CT molecular complexity index is 557. The van der Waals surface area contributed by atoms with Gasteiger partial charge < -0.3 is 15.7 Å². The maximum Gasteiger partial charge on any atom is 0.319 e. The summed E-state index contributed by atoms with van der Waals surface area (Å²) in [5, 5.41) is 14.0. The topological polar surface area (TPSA) is 61.4 Å². The van der Waals surface area contributed by atoms with Gasteiger partial charge >= 0.3 is 6.03 Å². The normalized spacial score (nSPS) is 15.0. The van der Waals surface area contributed by atoms with Crippen molar-refractivity contribution in [3.05, 3.63) is 29.6 Å². The van der Waals surface area contributed by atoms with E-state index in [0.717, 1.165) is 25.7 Å². The first kappa shape index (κ1) is 15.3. The molecule has 2 amide bonds.